The van der Waals surface area contributed by atoms with Gasteiger partial charge in [-0.25, -0.2) is 0 Å². The fraction of sp³-hybridized carbons (Fsp3) is 0.500. The molecule has 0 fully saturated rings. The second kappa shape index (κ2) is 5.82. The Morgan fingerprint density at radius 1 is 1.29 bits per heavy atom. The molecule has 0 saturated carbocycles. The van der Waals surface area contributed by atoms with E-state index in [0.29, 0.717) is 6.54 Å². The zero-order valence-electron chi connectivity index (χ0n) is 10.7. The number of aliphatic carboxylic acids is 1. The Hall–Kier alpha value is -1.35. The van der Waals surface area contributed by atoms with E-state index in [1.165, 1.54) is 5.56 Å². The molecule has 0 aromatic heterocycles. The zero-order chi connectivity index (χ0) is 12.9. The molecule has 94 valence electrons. The molecular formula is C14H21NO2. The van der Waals surface area contributed by atoms with Crippen molar-refractivity contribution in [3.05, 3.63) is 35.9 Å². The Bertz CT molecular complexity index is 354. The predicted molar refractivity (Wildman–Crippen MR) is 68.8 cm³/mol. The summed E-state index contributed by atoms with van der Waals surface area (Å²) in [4.78, 5) is 10.8. The lowest BCUT2D eigenvalue weighted by atomic mass is 9.84. The molecule has 17 heavy (non-hydrogen) atoms. The summed E-state index contributed by atoms with van der Waals surface area (Å²) in [6, 6.07) is 9.99. The van der Waals surface area contributed by atoms with Crippen LogP contribution in [-0.2, 0) is 11.3 Å². The Morgan fingerprint density at radius 2 is 1.88 bits per heavy atom. The number of hydrogen-bond acceptors (Lipinski definition) is 2. The van der Waals surface area contributed by atoms with Crippen molar-refractivity contribution in [1.29, 1.82) is 0 Å². The van der Waals surface area contributed by atoms with Crippen molar-refractivity contribution in [2.45, 2.75) is 39.8 Å². The second-order valence-electron chi connectivity index (χ2n) is 5.38. The Kier molecular flexibility index (Phi) is 4.70. The molecule has 0 aliphatic rings. The molecule has 0 amide bonds. The summed E-state index contributed by atoms with van der Waals surface area (Å²) in [5, 5.41) is 12.2. The van der Waals surface area contributed by atoms with E-state index in [0.717, 1.165) is 0 Å². The highest BCUT2D eigenvalue weighted by Crippen LogP contribution is 2.22. The van der Waals surface area contributed by atoms with E-state index in [2.05, 4.69) is 26.1 Å². The number of hydrogen-bond donors (Lipinski definition) is 2. The summed E-state index contributed by atoms with van der Waals surface area (Å²) in [5.41, 5.74) is 1.11. The lowest BCUT2D eigenvalue weighted by Crippen LogP contribution is -2.41. The summed E-state index contributed by atoms with van der Waals surface area (Å²) >= 11 is 0. The van der Waals surface area contributed by atoms with Crippen LogP contribution < -0.4 is 5.32 Å². The van der Waals surface area contributed by atoms with Gasteiger partial charge in [-0.05, 0) is 11.0 Å². The van der Waals surface area contributed by atoms with E-state index in [9.17, 15) is 4.79 Å². The smallest absolute Gasteiger partial charge is 0.304 e. The molecule has 0 radical (unpaired) electrons. The molecule has 0 aliphatic heterocycles. The van der Waals surface area contributed by atoms with Crippen LogP contribution in [0.4, 0.5) is 0 Å². The molecule has 3 nitrogen and oxygen atoms in total. The number of carboxylic acids is 1. The quantitative estimate of drug-likeness (QED) is 0.825. The summed E-state index contributed by atoms with van der Waals surface area (Å²) in [5.74, 6) is -0.759. The van der Waals surface area contributed by atoms with Crippen molar-refractivity contribution in [1.82, 2.24) is 5.32 Å². The minimum absolute atomic E-state index is 0.0276. The van der Waals surface area contributed by atoms with Crippen LogP contribution in [-0.4, -0.2) is 17.1 Å². The van der Waals surface area contributed by atoms with E-state index in [-0.39, 0.29) is 17.9 Å². The monoisotopic (exact) mass is 235 g/mol. The molecule has 1 aromatic carbocycles. The van der Waals surface area contributed by atoms with Gasteiger partial charge in [-0.3, -0.25) is 4.79 Å². The molecule has 0 heterocycles. The fourth-order valence-electron chi connectivity index (χ4n) is 1.70. The number of nitrogens with one attached hydrogen (secondary N) is 1. The highest BCUT2D eigenvalue weighted by Gasteiger charge is 2.26. The van der Waals surface area contributed by atoms with Crippen LogP contribution in [0, 0.1) is 5.41 Å². The predicted octanol–water partition coefficient (Wildman–Crippen LogP) is 2.67. The van der Waals surface area contributed by atoms with Crippen molar-refractivity contribution < 1.29 is 9.90 Å². The molecular weight excluding hydrogens is 214 g/mol. The molecule has 1 atom stereocenters. The van der Waals surface area contributed by atoms with Gasteiger partial charge < -0.3 is 10.4 Å². The maximum Gasteiger partial charge on any atom is 0.304 e. The maximum absolute atomic E-state index is 10.8. The number of benzene rings is 1. The summed E-state index contributed by atoms with van der Waals surface area (Å²) in [7, 11) is 0. The summed E-state index contributed by atoms with van der Waals surface area (Å²) in [6.45, 7) is 6.87. The highest BCUT2D eigenvalue weighted by molar-refractivity contribution is 5.67. The maximum atomic E-state index is 10.8. The van der Waals surface area contributed by atoms with Gasteiger partial charge in [-0.2, -0.15) is 0 Å². The Balaban J connectivity index is 2.59. The first-order chi connectivity index (χ1) is 7.89. The van der Waals surface area contributed by atoms with Crippen LogP contribution in [0.5, 0.6) is 0 Å². The summed E-state index contributed by atoms with van der Waals surface area (Å²) < 4.78 is 0. The third-order valence-corrected chi connectivity index (χ3v) is 2.82. The van der Waals surface area contributed by atoms with Gasteiger partial charge >= 0.3 is 5.97 Å². The lowest BCUT2D eigenvalue weighted by molar-refractivity contribution is -0.138. The Labute approximate surface area is 103 Å². The fourth-order valence-corrected chi connectivity index (χ4v) is 1.70. The van der Waals surface area contributed by atoms with Gasteiger partial charge in [0.1, 0.15) is 0 Å². The molecule has 0 bridgehead atoms. The van der Waals surface area contributed by atoms with Crippen LogP contribution >= 0.6 is 0 Å². The standard InChI is InChI=1S/C14H21NO2/c1-14(2,3)12(9-13(16)17)15-10-11-7-5-4-6-8-11/h4-8,12,15H,9-10H2,1-3H3,(H,16,17). The molecule has 2 N–H and O–H groups in total. The molecule has 1 aromatic rings. The summed E-state index contributed by atoms with van der Waals surface area (Å²) in [6.07, 6.45) is 0.149. The van der Waals surface area contributed by atoms with Gasteiger partial charge in [-0.1, -0.05) is 51.1 Å². The van der Waals surface area contributed by atoms with Crippen molar-refractivity contribution in [2.75, 3.05) is 0 Å². The third kappa shape index (κ3) is 5.00. The molecule has 0 spiro atoms. The van der Waals surface area contributed by atoms with Crippen LogP contribution in [0.2, 0.25) is 0 Å². The van der Waals surface area contributed by atoms with Gasteiger partial charge in [0.15, 0.2) is 0 Å². The second-order valence-corrected chi connectivity index (χ2v) is 5.38. The van der Waals surface area contributed by atoms with Crippen molar-refractivity contribution in [3.8, 4) is 0 Å². The largest absolute Gasteiger partial charge is 0.481 e. The average Bonchev–Trinajstić information content (AvgIpc) is 2.23. The van der Waals surface area contributed by atoms with Gasteiger partial charge in [-0.15, -0.1) is 0 Å². The van der Waals surface area contributed by atoms with Gasteiger partial charge in [0.2, 0.25) is 0 Å². The lowest BCUT2D eigenvalue weighted by Gasteiger charge is -2.30. The first kappa shape index (κ1) is 13.7. The first-order valence-corrected chi connectivity index (χ1v) is 5.88. The molecule has 0 aliphatic carbocycles. The minimum Gasteiger partial charge on any atom is -0.481 e. The van der Waals surface area contributed by atoms with Crippen LogP contribution in [0.25, 0.3) is 0 Å². The van der Waals surface area contributed by atoms with Crippen molar-refractivity contribution in [2.24, 2.45) is 5.41 Å². The van der Waals surface area contributed by atoms with Crippen LogP contribution in [0.15, 0.2) is 30.3 Å². The van der Waals surface area contributed by atoms with Gasteiger partial charge in [0.05, 0.1) is 6.42 Å². The molecule has 3 heteroatoms. The van der Waals surface area contributed by atoms with E-state index in [4.69, 9.17) is 5.11 Å². The van der Waals surface area contributed by atoms with Crippen molar-refractivity contribution in [3.63, 3.8) is 0 Å². The first-order valence-electron chi connectivity index (χ1n) is 5.88. The number of carboxylic acid groups (broad SMARTS) is 1. The topological polar surface area (TPSA) is 49.3 Å². The van der Waals surface area contributed by atoms with E-state index in [1.807, 2.05) is 30.3 Å². The minimum atomic E-state index is -0.759. The zero-order valence-corrected chi connectivity index (χ0v) is 10.7. The number of rotatable bonds is 5. The molecule has 1 unspecified atom stereocenters. The Morgan fingerprint density at radius 3 is 2.35 bits per heavy atom. The van der Waals surface area contributed by atoms with E-state index < -0.39 is 5.97 Å². The van der Waals surface area contributed by atoms with Crippen LogP contribution in [0.3, 0.4) is 0 Å². The SMILES string of the molecule is CC(C)(C)C(CC(=O)O)NCc1ccccc1. The highest BCUT2D eigenvalue weighted by atomic mass is 16.4. The van der Waals surface area contributed by atoms with Crippen LogP contribution in [0.1, 0.15) is 32.8 Å². The molecule has 1 rings (SSSR count). The van der Waals surface area contributed by atoms with Gasteiger partial charge in [0.25, 0.3) is 0 Å². The van der Waals surface area contributed by atoms with E-state index >= 15 is 0 Å². The normalized spacial score (nSPS) is 13.4. The third-order valence-electron chi connectivity index (χ3n) is 2.82. The molecule has 0 saturated heterocycles. The van der Waals surface area contributed by atoms with E-state index in [1.54, 1.807) is 0 Å². The average molecular weight is 235 g/mol. The van der Waals surface area contributed by atoms with Crippen molar-refractivity contribution >= 4 is 5.97 Å². The number of carbonyl (C=O) groups is 1. The van der Waals surface area contributed by atoms with Gasteiger partial charge in [0, 0.05) is 12.6 Å².